The van der Waals surface area contributed by atoms with E-state index in [-0.39, 0.29) is 36.3 Å². The summed E-state index contributed by atoms with van der Waals surface area (Å²) in [5.74, 6) is 0.718. The summed E-state index contributed by atoms with van der Waals surface area (Å²) in [6.07, 6.45) is 11.9. The Morgan fingerprint density at radius 3 is 2.52 bits per heavy atom. The maximum atomic E-state index is 14.2. The van der Waals surface area contributed by atoms with E-state index in [1.165, 1.54) is 25.7 Å². The molecule has 0 radical (unpaired) electrons. The molecule has 5 aliphatic carbocycles. The minimum absolute atomic E-state index is 0.0152. The van der Waals surface area contributed by atoms with Gasteiger partial charge in [-0.3, -0.25) is 4.79 Å². The predicted octanol–water partition coefficient (Wildman–Crippen LogP) is 4.36. The molecule has 17 atom stereocenters. The van der Waals surface area contributed by atoms with E-state index in [9.17, 15) is 30.3 Å². The predicted molar refractivity (Wildman–Crippen MR) is 192 cm³/mol. The Labute approximate surface area is 300 Å². The first-order chi connectivity index (χ1) is 23.7. The Balaban J connectivity index is 1.13. The maximum Gasteiger partial charge on any atom is 0.159 e. The van der Waals surface area contributed by atoms with Crippen molar-refractivity contribution >= 4 is 5.78 Å². The lowest BCUT2D eigenvalue weighted by atomic mass is 9.44. The SMILES string of the molecule is CCCC[C@@H]1CC[C@H]2O[C@@H]([C@@H](O)[C@](C)(O)[C@@H]3CC[C@]4(O)C5=CC(=O)[C@H]6C[C@@H](O)[C@@H](O)C[C@]6(CCC6CCC(N)NC6)[C@@H]5CC[C@]34C)[C@@H](C)[C@@H]2C1. The van der Waals surface area contributed by atoms with Gasteiger partial charge in [0.25, 0.3) is 0 Å². The third-order valence-electron chi connectivity index (χ3n) is 16.5. The Morgan fingerprint density at radius 1 is 1.04 bits per heavy atom. The standard InChI is InChI=1S/C41H68N2O7/c1-5-6-7-24-8-10-33-26(18-24)23(2)36(50-33)37(47)39(4,48)34-14-17-41(49)28-19-30(44)29-20-31(45)32(46)21-40(29,27(28)13-15-38(34,41)3)16-12-25-9-11-35(42)43-22-25/h19,23-27,29,31-37,43,45-49H,5-18,20-22,42H2,1-4H3/t23-,24+,25?,26-,27+,29+,31+,32-,33+,34+,35?,36+,37+,38+,39+,40+,41-/m0/s1. The first-order valence-electron chi connectivity index (χ1n) is 20.6. The van der Waals surface area contributed by atoms with Gasteiger partial charge in [-0.2, -0.15) is 0 Å². The molecular weight excluding hydrogens is 632 g/mol. The summed E-state index contributed by atoms with van der Waals surface area (Å²) in [4.78, 5) is 14.2. The topological polar surface area (TPSA) is 166 Å². The van der Waals surface area contributed by atoms with E-state index < -0.39 is 58.3 Å². The Hall–Kier alpha value is -0.910. The van der Waals surface area contributed by atoms with Gasteiger partial charge in [0.05, 0.1) is 41.8 Å². The number of nitrogens with two attached hydrogens (primary N) is 1. The molecule has 0 aromatic rings. The molecular formula is C41H68N2O7. The fourth-order valence-electron chi connectivity index (χ4n) is 13.4. The van der Waals surface area contributed by atoms with Crippen molar-refractivity contribution in [3.05, 3.63) is 11.6 Å². The number of carbonyl (C=O) groups excluding carboxylic acids is 1. The van der Waals surface area contributed by atoms with Gasteiger partial charge in [0.1, 0.15) is 6.10 Å². The molecule has 6 fully saturated rings. The molecule has 9 heteroatoms. The van der Waals surface area contributed by atoms with E-state index >= 15 is 0 Å². The number of fused-ring (bicyclic) bond motifs is 6. The van der Waals surface area contributed by atoms with Gasteiger partial charge in [0.15, 0.2) is 5.78 Å². The smallest absolute Gasteiger partial charge is 0.159 e. The van der Waals surface area contributed by atoms with Crippen LogP contribution in [-0.4, -0.2) is 85.7 Å². The number of allylic oxidation sites excluding steroid dienone is 1. The number of piperidine rings is 1. The molecule has 2 unspecified atom stereocenters. The van der Waals surface area contributed by atoms with Gasteiger partial charge in [-0.05, 0) is 150 Å². The lowest BCUT2D eigenvalue weighted by Crippen LogP contribution is -2.64. The van der Waals surface area contributed by atoms with Crippen molar-refractivity contribution in [1.29, 1.82) is 0 Å². The van der Waals surface area contributed by atoms with Crippen LogP contribution in [0.5, 0.6) is 0 Å². The van der Waals surface area contributed by atoms with Crippen LogP contribution < -0.4 is 11.1 Å². The number of unbranched alkanes of at least 4 members (excludes halogenated alkanes) is 1. The molecule has 2 saturated heterocycles. The van der Waals surface area contributed by atoms with E-state index in [1.807, 2.05) is 0 Å². The maximum absolute atomic E-state index is 14.2. The summed E-state index contributed by atoms with van der Waals surface area (Å²) in [5, 5.41) is 62.9. The van der Waals surface area contributed by atoms with E-state index in [1.54, 1.807) is 13.0 Å². The van der Waals surface area contributed by atoms with Crippen LogP contribution in [-0.2, 0) is 9.53 Å². The third-order valence-corrected chi connectivity index (χ3v) is 16.5. The van der Waals surface area contributed by atoms with Crippen LogP contribution in [0.2, 0.25) is 0 Å². The molecule has 0 spiro atoms. The Morgan fingerprint density at radius 2 is 1.80 bits per heavy atom. The summed E-state index contributed by atoms with van der Waals surface area (Å²) in [6, 6.07) is 0. The summed E-state index contributed by atoms with van der Waals surface area (Å²) in [7, 11) is 0. The molecule has 7 rings (SSSR count). The molecule has 284 valence electrons. The highest BCUT2D eigenvalue weighted by atomic mass is 16.5. The number of rotatable bonds is 9. The highest BCUT2D eigenvalue weighted by Crippen LogP contribution is 2.70. The minimum atomic E-state index is -1.50. The number of aliphatic hydroxyl groups excluding tert-OH is 3. The van der Waals surface area contributed by atoms with Crippen LogP contribution in [0.15, 0.2) is 11.6 Å². The summed E-state index contributed by atoms with van der Waals surface area (Å²) < 4.78 is 6.62. The number of aliphatic hydroxyl groups is 5. The highest BCUT2D eigenvalue weighted by Gasteiger charge is 2.70. The lowest BCUT2D eigenvalue weighted by Gasteiger charge is -2.62. The fraction of sp³-hybridized carbons (Fsp3) is 0.927. The molecule has 0 amide bonds. The second-order valence-corrected chi connectivity index (χ2v) is 19.0. The van der Waals surface area contributed by atoms with E-state index in [0.717, 1.165) is 57.1 Å². The van der Waals surface area contributed by atoms with Gasteiger partial charge >= 0.3 is 0 Å². The zero-order chi connectivity index (χ0) is 35.8. The summed E-state index contributed by atoms with van der Waals surface area (Å²) in [6.45, 7) is 9.10. The molecule has 0 aromatic heterocycles. The van der Waals surface area contributed by atoms with Crippen LogP contribution in [0.25, 0.3) is 0 Å². The lowest BCUT2D eigenvalue weighted by molar-refractivity contribution is -0.199. The van der Waals surface area contributed by atoms with Crippen LogP contribution in [0.4, 0.5) is 0 Å². The quantitative estimate of drug-likeness (QED) is 0.185. The highest BCUT2D eigenvalue weighted by molar-refractivity contribution is 5.95. The van der Waals surface area contributed by atoms with Gasteiger partial charge in [-0.15, -0.1) is 0 Å². The monoisotopic (exact) mass is 701 g/mol. The van der Waals surface area contributed by atoms with Crippen molar-refractivity contribution in [3.8, 4) is 0 Å². The van der Waals surface area contributed by atoms with Crippen molar-refractivity contribution < 1.29 is 35.1 Å². The number of carbonyl (C=O) groups is 1. The van der Waals surface area contributed by atoms with Gasteiger partial charge < -0.3 is 41.3 Å². The molecule has 2 heterocycles. The van der Waals surface area contributed by atoms with Crippen molar-refractivity contribution in [2.45, 2.75) is 178 Å². The summed E-state index contributed by atoms with van der Waals surface area (Å²) in [5.41, 5.74) is 2.75. The average Bonchev–Trinajstić information content (AvgIpc) is 3.57. The number of nitrogens with one attached hydrogen (secondary N) is 1. The zero-order valence-electron chi connectivity index (χ0n) is 31.2. The van der Waals surface area contributed by atoms with E-state index in [0.29, 0.717) is 43.4 Å². The molecule has 4 saturated carbocycles. The van der Waals surface area contributed by atoms with Gasteiger partial charge in [-0.25, -0.2) is 0 Å². The van der Waals surface area contributed by atoms with Crippen LogP contribution in [0.1, 0.15) is 130 Å². The number of hydrogen-bond acceptors (Lipinski definition) is 9. The van der Waals surface area contributed by atoms with E-state index in [2.05, 4.69) is 26.1 Å². The van der Waals surface area contributed by atoms with Crippen molar-refractivity contribution in [1.82, 2.24) is 5.32 Å². The van der Waals surface area contributed by atoms with Crippen molar-refractivity contribution in [2.75, 3.05) is 6.54 Å². The van der Waals surface area contributed by atoms with E-state index in [4.69, 9.17) is 10.5 Å². The largest absolute Gasteiger partial charge is 0.390 e. The van der Waals surface area contributed by atoms with Crippen LogP contribution in [0.3, 0.4) is 0 Å². The number of ether oxygens (including phenoxy) is 1. The second-order valence-electron chi connectivity index (χ2n) is 19.0. The third kappa shape index (κ3) is 5.91. The molecule has 9 nitrogen and oxygen atoms in total. The van der Waals surface area contributed by atoms with Gasteiger partial charge in [0, 0.05) is 11.3 Å². The summed E-state index contributed by atoms with van der Waals surface area (Å²) >= 11 is 0. The molecule has 0 aromatic carbocycles. The Kier molecular flexibility index (Phi) is 10.3. The van der Waals surface area contributed by atoms with Gasteiger partial charge in [-0.1, -0.05) is 40.0 Å². The first-order valence-corrected chi connectivity index (χ1v) is 20.6. The zero-order valence-corrected chi connectivity index (χ0v) is 31.2. The molecule has 8 N–H and O–H groups in total. The molecule has 0 bridgehead atoms. The van der Waals surface area contributed by atoms with Crippen LogP contribution >= 0.6 is 0 Å². The Bertz CT molecular complexity index is 1280. The second kappa shape index (κ2) is 13.7. The number of hydrogen-bond donors (Lipinski definition) is 7. The van der Waals surface area contributed by atoms with Crippen molar-refractivity contribution in [3.63, 3.8) is 0 Å². The average molecular weight is 701 g/mol. The number of ketones is 1. The van der Waals surface area contributed by atoms with Gasteiger partial charge in [0.2, 0.25) is 0 Å². The molecule has 50 heavy (non-hydrogen) atoms. The molecule has 2 aliphatic heterocycles. The minimum Gasteiger partial charge on any atom is -0.390 e. The van der Waals surface area contributed by atoms with Crippen molar-refractivity contribution in [2.24, 2.45) is 58.0 Å². The normalized spacial score (nSPS) is 50.8. The first kappa shape index (κ1) is 37.4. The fourth-order valence-corrected chi connectivity index (χ4v) is 13.4. The molecule has 7 aliphatic rings. The van der Waals surface area contributed by atoms with Crippen LogP contribution in [0, 0.1) is 52.3 Å².